The Labute approximate surface area is 114 Å². The number of nitrogens with zero attached hydrogens (tertiary/aromatic N) is 2. The Morgan fingerprint density at radius 1 is 1.37 bits per heavy atom. The van der Waals surface area contributed by atoms with Gasteiger partial charge in [-0.3, -0.25) is 0 Å². The van der Waals surface area contributed by atoms with E-state index in [-0.39, 0.29) is 17.7 Å². The minimum Gasteiger partial charge on any atom is -0.338 e. The molecule has 108 valence electrons. The molecule has 1 aliphatic carbocycles. The lowest BCUT2D eigenvalue weighted by Gasteiger charge is -2.31. The summed E-state index contributed by atoms with van der Waals surface area (Å²) in [5.74, 6) is 1.61. The van der Waals surface area contributed by atoms with Crippen molar-refractivity contribution in [3.05, 3.63) is 11.7 Å². The van der Waals surface area contributed by atoms with E-state index in [1.165, 1.54) is 0 Å². The van der Waals surface area contributed by atoms with E-state index in [0.29, 0.717) is 17.6 Å². The summed E-state index contributed by atoms with van der Waals surface area (Å²) < 4.78 is 32.0. The van der Waals surface area contributed by atoms with Crippen LogP contribution < -0.4 is 4.72 Å². The summed E-state index contributed by atoms with van der Waals surface area (Å²) >= 11 is 0. The van der Waals surface area contributed by atoms with Crippen LogP contribution in [0.1, 0.15) is 44.8 Å². The highest BCUT2D eigenvalue weighted by Crippen LogP contribution is 2.32. The number of hydrogen-bond donors (Lipinski definition) is 1. The summed E-state index contributed by atoms with van der Waals surface area (Å²) in [5.41, 5.74) is 0. The number of sulfonamides is 1. The van der Waals surface area contributed by atoms with Crippen LogP contribution in [0.2, 0.25) is 0 Å². The highest BCUT2D eigenvalue weighted by atomic mass is 32.2. The van der Waals surface area contributed by atoms with Crippen LogP contribution in [0.15, 0.2) is 4.52 Å². The minimum atomic E-state index is -3.32. The van der Waals surface area contributed by atoms with Crippen LogP contribution in [0.25, 0.3) is 0 Å². The van der Waals surface area contributed by atoms with Crippen molar-refractivity contribution in [1.29, 1.82) is 0 Å². The van der Waals surface area contributed by atoms with Gasteiger partial charge in [-0.1, -0.05) is 19.0 Å². The summed E-state index contributed by atoms with van der Waals surface area (Å²) in [6.45, 7) is 5.96. The van der Waals surface area contributed by atoms with Crippen LogP contribution in [0.4, 0.5) is 0 Å². The fourth-order valence-corrected chi connectivity index (χ4v) is 4.49. The number of nitrogens with one attached hydrogen (secondary N) is 1. The van der Waals surface area contributed by atoms with Crippen molar-refractivity contribution in [3.8, 4) is 0 Å². The molecular formula is C12H21N3O3S. The van der Waals surface area contributed by atoms with E-state index in [1.807, 2.05) is 6.92 Å². The van der Waals surface area contributed by atoms with Crippen LogP contribution >= 0.6 is 0 Å². The molecular weight excluding hydrogens is 266 g/mol. The quantitative estimate of drug-likeness (QED) is 0.909. The van der Waals surface area contributed by atoms with Crippen LogP contribution in [0, 0.1) is 18.8 Å². The van der Waals surface area contributed by atoms with E-state index in [9.17, 15) is 8.42 Å². The lowest BCUT2D eigenvalue weighted by molar-refractivity contribution is 0.299. The summed E-state index contributed by atoms with van der Waals surface area (Å²) in [6.07, 6.45) is 2.65. The maximum Gasteiger partial charge on any atom is 0.241 e. The number of rotatable bonds is 4. The molecule has 1 aromatic heterocycles. The monoisotopic (exact) mass is 287 g/mol. The predicted molar refractivity (Wildman–Crippen MR) is 70.8 cm³/mol. The molecule has 3 atom stereocenters. The van der Waals surface area contributed by atoms with Gasteiger partial charge in [0.25, 0.3) is 0 Å². The number of aryl methyl sites for hydroxylation is 1. The Morgan fingerprint density at radius 2 is 2.11 bits per heavy atom. The Morgan fingerprint density at radius 3 is 2.68 bits per heavy atom. The normalized spacial score (nSPS) is 28.5. The lowest BCUT2D eigenvalue weighted by Crippen LogP contribution is -2.40. The molecule has 1 saturated carbocycles. The van der Waals surface area contributed by atoms with Gasteiger partial charge in [0.2, 0.25) is 15.9 Å². The Kier molecular flexibility index (Phi) is 4.25. The van der Waals surface area contributed by atoms with Gasteiger partial charge in [0.05, 0.1) is 11.8 Å². The van der Waals surface area contributed by atoms with E-state index in [1.54, 1.807) is 6.92 Å². The second kappa shape index (κ2) is 5.58. The van der Waals surface area contributed by atoms with Crippen LogP contribution in [-0.2, 0) is 16.6 Å². The van der Waals surface area contributed by atoms with Gasteiger partial charge < -0.3 is 4.52 Å². The highest BCUT2D eigenvalue weighted by molar-refractivity contribution is 7.90. The predicted octanol–water partition coefficient (Wildman–Crippen LogP) is 1.62. The second-order valence-electron chi connectivity index (χ2n) is 5.54. The molecule has 0 aromatic carbocycles. The summed E-state index contributed by atoms with van der Waals surface area (Å²) in [4.78, 5) is 3.99. The molecule has 6 nitrogen and oxygen atoms in total. The minimum absolute atomic E-state index is 0.0714. The molecule has 2 rings (SSSR count). The fraction of sp³-hybridized carbons (Fsp3) is 0.833. The molecule has 7 heteroatoms. The smallest absolute Gasteiger partial charge is 0.241 e. The number of hydrogen-bond acceptors (Lipinski definition) is 5. The average Bonchev–Trinajstić information content (AvgIpc) is 2.72. The maximum absolute atomic E-state index is 12.3. The SMILES string of the molecule is Cc1noc(CNS(=O)(=O)C2CCC(C)CC2C)n1. The van der Waals surface area contributed by atoms with Crippen molar-refractivity contribution in [1.82, 2.24) is 14.9 Å². The van der Waals surface area contributed by atoms with Gasteiger partial charge in [-0.05, 0) is 38.0 Å². The fourth-order valence-electron chi connectivity index (χ4n) is 2.78. The van der Waals surface area contributed by atoms with Crippen molar-refractivity contribution in [3.63, 3.8) is 0 Å². The Hall–Kier alpha value is -0.950. The molecule has 0 amide bonds. The molecule has 3 unspecified atom stereocenters. The summed E-state index contributed by atoms with van der Waals surface area (Å²) in [5, 5.41) is 3.32. The zero-order valence-corrected chi connectivity index (χ0v) is 12.4. The van der Waals surface area contributed by atoms with E-state index >= 15 is 0 Å². The molecule has 0 aliphatic heterocycles. The topological polar surface area (TPSA) is 85.1 Å². The summed E-state index contributed by atoms with van der Waals surface area (Å²) in [7, 11) is -3.32. The van der Waals surface area contributed by atoms with Crippen molar-refractivity contribution < 1.29 is 12.9 Å². The first-order valence-corrected chi connectivity index (χ1v) is 8.21. The first-order chi connectivity index (χ1) is 8.88. The molecule has 1 N–H and O–H groups in total. The van der Waals surface area contributed by atoms with Gasteiger partial charge in [-0.25, -0.2) is 13.1 Å². The first-order valence-electron chi connectivity index (χ1n) is 6.66. The lowest BCUT2D eigenvalue weighted by atomic mass is 9.83. The molecule has 0 saturated heterocycles. The van der Waals surface area contributed by atoms with Gasteiger partial charge in [0.15, 0.2) is 5.82 Å². The van der Waals surface area contributed by atoms with Gasteiger partial charge in [-0.2, -0.15) is 4.98 Å². The van der Waals surface area contributed by atoms with Gasteiger partial charge >= 0.3 is 0 Å². The van der Waals surface area contributed by atoms with Crippen molar-refractivity contribution in [2.45, 2.75) is 51.8 Å². The molecule has 1 aromatic rings. The van der Waals surface area contributed by atoms with E-state index in [2.05, 4.69) is 21.8 Å². The van der Waals surface area contributed by atoms with E-state index < -0.39 is 10.0 Å². The van der Waals surface area contributed by atoms with Crippen LogP contribution in [-0.4, -0.2) is 23.8 Å². The maximum atomic E-state index is 12.3. The molecule has 0 bridgehead atoms. The second-order valence-corrected chi connectivity index (χ2v) is 7.52. The van der Waals surface area contributed by atoms with E-state index in [0.717, 1.165) is 19.3 Å². The third-order valence-corrected chi connectivity index (χ3v) is 5.79. The van der Waals surface area contributed by atoms with Crippen molar-refractivity contribution in [2.75, 3.05) is 0 Å². The molecule has 1 heterocycles. The van der Waals surface area contributed by atoms with Crippen molar-refractivity contribution in [2.24, 2.45) is 11.8 Å². The average molecular weight is 287 g/mol. The van der Waals surface area contributed by atoms with Crippen molar-refractivity contribution >= 4 is 10.0 Å². The largest absolute Gasteiger partial charge is 0.338 e. The van der Waals surface area contributed by atoms with Gasteiger partial charge in [-0.15, -0.1) is 0 Å². The van der Waals surface area contributed by atoms with Crippen LogP contribution in [0.3, 0.4) is 0 Å². The third kappa shape index (κ3) is 3.54. The van der Waals surface area contributed by atoms with Gasteiger partial charge in [0.1, 0.15) is 0 Å². The Bertz CT molecular complexity index is 526. The molecule has 0 spiro atoms. The zero-order chi connectivity index (χ0) is 14.0. The standard InChI is InChI=1S/C12H21N3O3S/c1-8-4-5-11(9(2)6-8)19(16,17)13-7-12-14-10(3)15-18-12/h8-9,11,13H,4-7H2,1-3H3. The number of aromatic nitrogens is 2. The third-order valence-electron chi connectivity index (χ3n) is 3.75. The van der Waals surface area contributed by atoms with E-state index in [4.69, 9.17) is 4.52 Å². The molecule has 1 aliphatic rings. The van der Waals surface area contributed by atoms with Crippen LogP contribution in [0.5, 0.6) is 0 Å². The summed E-state index contributed by atoms with van der Waals surface area (Å²) in [6, 6.07) is 0. The zero-order valence-electron chi connectivity index (χ0n) is 11.6. The molecule has 19 heavy (non-hydrogen) atoms. The highest BCUT2D eigenvalue weighted by Gasteiger charge is 2.35. The molecule has 1 fully saturated rings. The Balaban J connectivity index is 1.98. The first kappa shape index (κ1) is 14.5. The van der Waals surface area contributed by atoms with Gasteiger partial charge in [0, 0.05) is 0 Å². The molecule has 0 radical (unpaired) electrons.